The van der Waals surface area contributed by atoms with Crippen LogP contribution in [0.3, 0.4) is 0 Å². The first kappa shape index (κ1) is 25.1. The highest BCUT2D eigenvalue weighted by molar-refractivity contribution is 6.17. The minimum absolute atomic E-state index is 0.00429. The normalized spacial score (nSPS) is 26.9. The summed E-state index contributed by atoms with van der Waals surface area (Å²) in [6.07, 6.45) is 15.1. The molecule has 0 radical (unpaired) electrons. The van der Waals surface area contributed by atoms with E-state index in [4.69, 9.17) is 11.6 Å². The summed E-state index contributed by atoms with van der Waals surface area (Å²) < 4.78 is 4.62. The summed E-state index contributed by atoms with van der Waals surface area (Å²) in [7, 11) is 1.38. The molecule has 0 aromatic carbocycles. The van der Waals surface area contributed by atoms with E-state index in [1.54, 1.807) is 0 Å². The summed E-state index contributed by atoms with van der Waals surface area (Å²) in [6.45, 7) is 0. The van der Waals surface area contributed by atoms with Gasteiger partial charge in [-0.25, -0.2) is 0 Å². The highest BCUT2D eigenvalue weighted by atomic mass is 35.5. The average molecular weight is 441 g/mol. The predicted octanol–water partition coefficient (Wildman–Crippen LogP) is 4.34. The SMILES string of the molecule is COC(=O)CCC/C=C\C[C@H]1C(=O)C[C@@H](O)[C@@H]1/C=C/CC(O)C1(CCCCl)CCC1. The second-order valence-electron chi connectivity index (χ2n) is 8.79. The molecular formula is C24H37ClO5. The van der Waals surface area contributed by atoms with Crippen molar-refractivity contribution in [3.63, 3.8) is 0 Å². The molecule has 0 spiro atoms. The topological polar surface area (TPSA) is 83.8 Å². The molecule has 0 aliphatic heterocycles. The van der Waals surface area contributed by atoms with Crippen molar-refractivity contribution in [2.24, 2.45) is 17.3 Å². The number of unbranched alkanes of at least 4 members (excludes halogenated alkanes) is 1. The summed E-state index contributed by atoms with van der Waals surface area (Å²) in [5.41, 5.74) is -0.00429. The minimum Gasteiger partial charge on any atom is -0.469 e. The monoisotopic (exact) mass is 440 g/mol. The van der Waals surface area contributed by atoms with Gasteiger partial charge >= 0.3 is 5.97 Å². The highest BCUT2D eigenvalue weighted by Gasteiger charge is 2.42. The Kier molecular flexibility index (Phi) is 10.6. The van der Waals surface area contributed by atoms with Gasteiger partial charge in [0.25, 0.3) is 0 Å². The number of ether oxygens (including phenoxy) is 1. The Labute approximate surface area is 185 Å². The molecule has 2 saturated carbocycles. The Bertz CT molecular complexity index is 611. The zero-order valence-corrected chi connectivity index (χ0v) is 18.9. The lowest BCUT2D eigenvalue weighted by atomic mass is 9.62. The standard InChI is InChI=1S/C24H37ClO5/c1-30-23(29)12-5-3-2-4-9-18-19(21(27)17-20(18)26)10-6-11-22(28)24(13-7-14-24)15-8-16-25/h2,4,6,10,18-19,21-22,27-28H,3,5,7-9,11-17H2,1H3/b4-2-,10-6+/t18-,19-,21-,22?/m1/s1. The van der Waals surface area contributed by atoms with Crippen LogP contribution in [0, 0.1) is 17.3 Å². The van der Waals surface area contributed by atoms with E-state index in [1.807, 2.05) is 24.3 Å². The van der Waals surface area contributed by atoms with Gasteiger partial charge in [-0.3, -0.25) is 9.59 Å². The van der Waals surface area contributed by atoms with Crippen molar-refractivity contribution >= 4 is 23.4 Å². The first-order valence-electron chi connectivity index (χ1n) is 11.3. The van der Waals surface area contributed by atoms with Gasteiger partial charge in [-0.2, -0.15) is 0 Å². The Morgan fingerprint density at radius 2 is 2.07 bits per heavy atom. The lowest BCUT2D eigenvalue weighted by Gasteiger charge is -2.45. The van der Waals surface area contributed by atoms with Gasteiger partial charge in [0.2, 0.25) is 0 Å². The van der Waals surface area contributed by atoms with Crippen LogP contribution in [0.25, 0.3) is 0 Å². The molecule has 5 nitrogen and oxygen atoms in total. The van der Waals surface area contributed by atoms with Gasteiger partial charge in [-0.05, 0) is 56.8 Å². The quantitative estimate of drug-likeness (QED) is 0.192. The maximum atomic E-state index is 12.3. The number of Topliss-reactive ketones (excluding diaryl/α,β-unsaturated/α-hetero) is 1. The molecule has 2 aliphatic carbocycles. The Hall–Kier alpha value is -1.17. The third-order valence-electron chi connectivity index (χ3n) is 6.85. The summed E-state index contributed by atoms with van der Waals surface area (Å²) >= 11 is 5.84. The molecule has 1 unspecified atom stereocenters. The van der Waals surface area contributed by atoms with Crippen LogP contribution in [-0.2, 0) is 14.3 Å². The zero-order chi connectivity index (χ0) is 22.0. The van der Waals surface area contributed by atoms with Gasteiger partial charge in [-0.15, -0.1) is 11.6 Å². The van der Waals surface area contributed by atoms with Gasteiger partial charge in [0.1, 0.15) is 5.78 Å². The summed E-state index contributed by atoms with van der Waals surface area (Å²) in [6, 6.07) is 0. The van der Waals surface area contributed by atoms with Crippen LogP contribution in [0.15, 0.2) is 24.3 Å². The van der Waals surface area contributed by atoms with Crippen molar-refractivity contribution in [2.75, 3.05) is 13.0 Å². The molecule has 6 heteroatoms. The molecule has 2 rings (SSSR count). The fourth-order valence-corrected chi connectivity index (χ4v) is 4.90. The summed E-state index contributed by atoms with van der Waals surface area (Å²) in [5, 5.41) is 21.0. The Balaban J connectivity index is 1.83. The van der Waals surface area contributed by atoms with Gasteiger partial charge in [0.15, 0.2) is 0 Å². The van der Waals surface area contributed by atoms with Crippen LogP contribution in [0.4, 0.5) is 0 Å². The van der Waals surface area contributed by atoms with E-state index in [1.165, 1.54) is 7.11 Å². The average Bonchev–Trinajstić information content (AvgIpc) is 2.96. The summed E-state index contributed by atoms with van der Waals surface area (Å²) in [5.74, 6) is 0.0768. The predicted molar refractivity (Wildman–Crippen MR) is 118 cm³/mol. The maximum Gasteiger partial charge on any atom is 0.305 e. The van der Waals surface area contributed by atoms with Crippen molar-refractivity contribution in [1.82, 2.24) is 0 Å². The second-order valence-corrected chi connectivity index (χ2v) is 9.16. The van der Waals surface area contributed by atoms with Crippen LogP contribution >= 0.6 is 11.6 Å². The van der Waals surface area contributed by atoms with Crippen molar-refractivity contribution < 1.29 is 24.5 Å². The molecule has 4 atom stereocenters. The highest BCUT2D eigenvalue weighted by Crippen LogP contribution is 2.48. The molecule has 0 heterocycles. The van der Waals surface area contributed by atoms with Gasteiger partial charge in [0, 0.05) is 30.6 Å². The fourth-order valence-electron chi connectivity index (χ4n) is 4.77. The van der Waals surface area contributed by atoms with E-state index in [9.17, 15) is 19.8 Å². The molecular weight excluding hydrogens is 404 g/mol. The molecule has 2 fully saturated rings. The number of esters is 1. The number of ketones is 1. The smallest absolute Gasteiger partial charge is 0.305 e. The number of hydrogen-bond donors (Lipinski definition) is 2. The van der Waals surface area contributed by atoms with Crippen LogP contribution in [-0.4, -0.2) is 47.2 Å². The van der Waals surface area contributed by atoms with E-state index in [-0.39, 0.29) is 35.4 Å². The van der Waals surface area contributed by atoms with Crippen LogP contribution in [0.5, 0.6) is 0 Å². The molecule has 30 heavy (non-hydrogen) atoms. The first-order chi connectivity index (χ1) is 14.4. The van der Waals surface area contributed by atoms with Crippen molar-refractivity contribution in [2.45, 2.75) is 82.8 Å². The van der Waals surface area contributed by atoms with Gasteiger partial charge in [0.05, 0.1) is 19.3 Å². The fraction of sp³-hybridized carbons (Fsp3) is 0.750. The van der Waals surface area contributed by atoms with E-state index < -0.39 is 12.2 Å². The molecule has 170 valence electrons. The Morgan fingerprint density at radius 1 is 1.30 bits per heavy atom. The van der Waals surface area contributed by atoms with Gasteiger partial charge in [-0.1, -0.05) is 30.7 Å². The third kappa shape index (κ3) is 6.93. The number of halogens is 1. The van der Waals surface area contributed by atoms with Crippen LogP contribution < -0.4 is 0 Å². The molecule has 0 bridgehead atoms. The van der Waals surface area contributed by atoms with E-state index in [0.29, 0.717) is 25.1 Å². The van der Waals surface area contributed by atoms with E-state index in [0.717, 1.165) is 44.9 Å². The molecule has 2 N–H and O–H groups in total. The van der Waals surface area contributed by atoms with E-state index in [2.05, 4.69) is 4.74 Å². The number of carbonyl (C=O) groups excluding carboxylic acids is 2. The largest absolute Gasteiger partial charge is 0.469 e. The van der Waals surface area contributed by atoms with Crippen molar-refractivity contribution in [3.05, 3.63) is 24.3 Å². The number of alkyl halides is 1. The minimum atomic E-state index is -0.655. The lowest BCUT2D eigenvalue weighted by molar-refractivity contribution is -0.140. The zero-order valence-electron chi connectivity index (χ0n) is 18.1. The summed E-state index contributed by atoms with van der Waals surface area (Å²) in [4.78, 5) is 23.4. The number of methoxy groups -OCH3 is 1. The van der Waals surface area contributed by atoms with Crippen LogP contribution in [0.2, 0.25) is 0 Å². The molecule has 0 aromatic rings. The second kappa shape index (κ2) is 12.6. The molecule has 2 aliphatic rings. The lowest BCUT2D eigenvalue weighted by Crippen LogP contribution is -2.41. The van der Waals surface area contributed by atoms with Crippen LogP contribution in [0.1, 0.15) is 70.6 Å². The number of hydrogen-bond acceptors (Lipinski definition) is 5. The van der Waals surface area contributed by atoms with Crippen molar-refractivity contribution in [1.29, 1.82) is 0 Å². The van der Waals surface area contributed by atoms with Crippen molar-refractivity contribution in [3.8, 4) is 0 Å². The molecule has 0 amide bonds. The van der Waals surface area contributed by atoms with Gasteiger partial charge < -0.3 is 14.9 Å². The first-order valence-corrected chi connectivity index (χ1v) is 11.8. The third-order valence-corrected chi connectivity index (χ3v) is 7.12. The van der Waals surface area contributed by atoms with E-state index >= 15 is 0 Å². The number of carbonyl (C=O) groups is 2. The number of rotatable bonds is 13. The number of aliphatic hydroxyl groups is 2. The Morgan fingerprint density at radius 3 is 2.70 bits per heavy atom. The maximum absolute atomic E-state index is 12.3. The number of allylic oxidation sites excluding steroid dienone is 2. The molecule has 0 aromatic heterocycles. The molecule has 0 saturated heterocycles. The number of aliphatic hydroxyl groups excluding tert-OH is 2.